The zero-order valence-corrected chi connectivity index (χ0v) is 12.2. The number of rotatable bonds is 6. The van der Waals surface area contributed by atoms with Crippen LogP contribution >= 0.6 is 0 Å². The van der Waals surface area contributed by atoms with Gasteiger partial charge < -0.3 is 15.3 Å². The molecule has 1 aliphatic heterocycles. The third-order valence-corrected chi connectivity index (χ3v) is 3.81. The molecule has 0 saturated carbocycles. The summed E-state index contributed by atoms with van der Waals surface area (Å²) in [5.74, 6) is 0.974. The van der Waals surface area contributed by atoms with Crippen molar-refractivity contribution in [2.45, 2.75) is 52.5 Å². The van der Waals surface area contributed by atoms with Gasteiger partial charge in [0, 0.05) is 25.2 Å². The Kier molecular flexibility index (Phi) is 5.45. The van der Waals surface area contributed by atoms with Gasteiger partial charge in [0.05, 0.1) is 0 Å². The van der Waals surface area contributed by atoms with E-state index in [0.29, 0.717) is 18.4 Å². The van der Waals surface area contributed by atoms with Crippen molar-refractivity contribution in [1.82, 2.24) is 10.2 Å². The van der Waals surface area contributed by atoms with Gasteiger partial charge in [0.1, 0.15) is 0 Å². The van der Waals surface area contributed by atoms with E-state index in [0.717, 1.165) is 25.8 Å². The summed E-state index contributed by atoms with van der Waals surface area (Å²) in [4.78, 5) is 13.9. The molecule has 0 aliphatic carbocycles. The molecule has 1 rings (SSSR count). The van der Waals surface area contributed by atoms with Gasteiger partial charge >= 0.3 is 6.03 Å². The molecular formula is C14H28N2O2. The molecule has 0 spiro atoms. The van der Waals surface area contributed by atoms with Crippen LogP contribution in [0.2, 0.25) is 0 Å². The number of nitrogens with zero attached hydrogens (tertiary/aromatic N) is 1. The minimum atomic E-state index is 0.00854. The summed E-state index contributed by atoms with van der Waals surface area (Å²) in [5, 5.41) is 12.0. The van der Waals surface area contributed by atoms with Crippen molar-refractivity contribution in [3.63, 3.8) is 0 Å². The highest BCUT2D eigenvalue weighted by molar-refractivity contribution is 5.76. The van der Waals surface area contributed by atoms with Crippen LogP contribution in [0, 0.1) is 11.8 Å². The second-order valence-electron chi connectivity index (χ2n) is 6.41. The van der Waals surface area contributed by atoms with Crippen LogP contribution in [0.3, 0.4) is 0 Å². The SMILES string of the molecule is CC(C)C[C@@H](CCO)CNC(=O)N1CCC1(C)C. The Morgan fingerprint density at radius 3 is 2.50 bits per heavy atom. The maximum atomic E-state index is 12.0. The highest BCUT2D eigenvalue weighted by Crippen LogP contribution is 2.29. The molecule has 2 N–H and O–H groups in total. The molecule has 106 valence electrons. The van der Waals surface area contributed by atoms with Crippen molar-refractivity contribution in [3.8, 4) is 0 Å². The molecule has 2 amide bonds. The molecule has 0 aromatic carbocycles. The van der Waals surface area contributed by atoms with Gasteiger partial charge in [0.25, 0.3) is 0 Å². The molecule has 0 aromatic rings. The maximum Gasteiger partial charge on any atom is 0.317 e. The number of hydrogen-bond acceptors (Lipinski definition) is 2. The van der Waals surface area contributed by atoms with Crippen molar-refractivity contribution in [2.24, 2.45) is 11.8 Å². The number of aliphatic hydroxyl groups is 1. The van der Waals surface area contributed by atoms with Crippen molar-refractivity contribution in [3.05, 3.63) is 0 Å². The molecule has 0 bridgehead atoms. The molecule has 0 unspecified atom stereocenters. The molecule has 4 nitrogen and oxygen atoms in total. The number of aliphatic hydroxyl groups excluding tert-OH is 1. The summed E-state index contributed by atoms with van der Waals surface area (Å²) >= 11 is 0. The summed E-state index contributed by atoms with van der Waals surface area (Å²) in [6.07, 6.45) is 2.89. The van der Waals surface area contributed by atoms with E-state index in [9.17, 15) is 4.79 Å². The first-order chi connectivity index (χ1) is 8.36. The van der Waals surface area contributed by atoms with E-state index >= 15 is 0 Å². The average molecular weight is 256 g/mol. The van der Waals surface area contributed by atoms with Crippen LogP contribution in [-0.4, -0.2) is 41.3 Å². The lowest BCUT2D eigenvalue weighted by Crippen LogP contribution is -2.61. The van der Waals surface area contributed by atoms with Gasteiger partial charge in [-0.3, -0.25) is 0 Å². The minimum Gasteiger partial charge on any atom is -0.396 e. The Hall–Kier alpha value is -0.770. The normalized spacial score (nSPS) is 19.6. The molecular weight excluding hydrogens is 228 g/mol. The van der Waals surface area contributed by atoms with Crippen LogP contribution in [0.4, 0.5) is 4.79 Å². The van der Waals surface area contributed by atoms with Gasteiger partial charge in [-0.1, -0.05) is 13.8 Å². The zero-order chi connectivity index (χ0) is 13.8. The number of hydrogen-bond donors (Lipinski definition) is 2. The standard InChI is InChI=1S/C14H28N2O2/c1-11(2)9-12(5-8-17)10-15-13(18)16-7-6-14(16,3)4/h11-12,17H,5-10H2,1-4H3,(H,15,18)/t12-/m1/s1. The Morgan fingerprint density at radius 1 is 1.44 bits per heavy atom. The quantitative estimate of drug-likeness (QED) is 0.765. The Labute approximate surface area is 111 Å². The Balaban J connectivity index is 2.35. The molecule has 0 radical (unpaired) electrons. The monoisotopic (exact) mass is 256 g/mol. The molecule has 1 saturated heterocycles. The molecule has 1 atom stereocenters. The summed E-state index contributed by atoms with van der Waals surface area (Å²) < 4.78 is 0. The highest BCUT2D eigenvalue weighted by Gasteiger charge is 2.39. The van der Waals surface area contributed by atoms with Gasteiger partial charge in [0.2, 0.25) is 0 Å². The Morgan fingerprint density at radius 2 is 2.11 bits per heavy atom. The summed E-state index contributed by atoms with van der Waals surface area (Å²) in [5.41, 5.74) is 0.00854. The highest BCUT2D eigenvalue weighted by atomic mass is 16.3. The van der Waals surface area contributed by atoms with Gasteiger partial charge in [-0.05, 0) is 44.9 Å². The average Bonchev–Trinajstić information content (AvgIpc) is 2.24. The number of nitrogens with one attached hydrogen (secondary N) is 1. The van der Waals surface area contributed by atoms with Crippen molar-refractivity contribution in [1.29, 1.82) is 0 Å². The second kappa shape index (κ2) is 6.41. The van der Waals surface area contributed by atoms with Gasteiger partial charge in [-0.25, -0.2) is 4.79 Å². The lowest BCUT2D eigenvalue weighted by Gasteiger charge is -2.48. The molecule has 1 aliphatic rings. The fourth-order valence-corrected chi connectivity index (χ4v) is 2.53. The largest absolute Gasteiger partial charge is 0.396 e. The second-order valence-corrected chi connectivity index (χ2v) is 6.41. The van der Waals surface area contributed by atoms with E-state index in [1.165, 1.54) is 0 Å². The Bertz CT molecular complexity index is 277. The summed E-state index contributed by atoms with van der Waals surface area (Å²) in [6.45, 7) is 10.3. The van der Waals surface area contributed by atoms with E-state index in [1.54, 1.807) is 0 Å². The van der Waals surface area contributed by atoms with Crippen LogP contribution in [0.1, 0.15) is 47.0 Å². The lowest BCUT2D eigenvalue weighted by molar-refractivity contribution is 0.0524. The molecule has 18 heavy (non-hydrogen) atoms. The predicted molar refractivity (Wildman–Crippen MR) is 73.4 cm³/mol. The number of amides is 2. The number of urea groups is 1. The first-order valence-electron chi connectivity index (χ1n) is 7.03. The van der Waals surface area contributed by atoms with Crippen molar-refractivity contribution in [2.75, 3.05) is 19.7 Å². The summed E-state index contributed by atoms with van der Waals surface area (Å²) in [6, 6.07) is 0.0398. The first kappa shape index (κ1) is 15.3. The fourth-order valence-electron chi connectivity index (χ4n) is 2.53. The van der Waals surface area contributed by atoms with Gasteiger partial charge in [0.15, 0.2) is 0 Å². The van der Waals surface area contributed by atoms with Gasteiger partial charge in [-0.15, -0.1) is 0 Å². The smallest absolute Gasteiger partial charge is 0.317 e. The summed E-state index contributed by atoms with van der Waals surface area (Å²) in [7, 11) is 0. The fraction of sp³-hybridized carbons (Fsp3) is 0.929. The van der Waals surface area contributed by atoms with Crippen molar-refractivity contribution < 1.29 is 9.90 Å². The predicted octanol–water partition coefficient (Wildman–Crippen LogP) is 2.22. The van der Waals surface area contributed by atoms with E-state index in [4.69, 9.17) is 5.11 Å². The maximum absolute atomic E-state index is 12.0. The zero-order valence-electron chi connectivity index (χ0n) is 12.2. The van der Waals surface area contributed by atoms with Crippen LogP contribution < -0.4 is 5.32 Å². The van der Waals surface area contributed by atoms with Crippen LogP contribution in [0.5, 0.6) is 0 Å². The van der Waals surface area contributed by atoms with E-state index in [-0.39, 0.29) is 18.2 Å². The van der Waals surface area contributed by atoms with Crippen LogP contribution in [-0.2, 0) is 0 Å². The topological polar surface area (TPSA) is 52.6 Å². The number of likely N-dealkylation sites (tertiary alicyclic amines) is 1. The van der Waals surface area contributed by atoms with E-state index in [1.807, 2.05) is 4.90 Å². The molecule has 1 fully saturated rings. The third-order valence-electron chi connectivity index (χ3n) is 3.81. The lowest BCUT2D eigenvalue weighted by atomic mass is 9.89. The molecule has 4 heteroatoms. The van der Waals surface area contributed by atoms with Crippen LogP contribution in [0.15, 0.2) is 0 Å². The van der Waals surface area contributed by atoms with Gasteiger partial charge in [-0.2, -0.15) is 0 Å². The molecule has 0 aromatic heterocycles. The number of carbonyl (C=O) groups is 1. The first-order valence-corrected chi connectivity index (χ1v) is 7.03. The third kappa shape index (κ3) is 4.16. The van der Waals surface area contributed by atoms with E-state index in [2.05, 4.69) is 33.0 Å². The minimum absolute atomic E-state index is 0.00854. The van der Waals surface area contributed by atoms with Crippen LogP contribution in [0.25, 0.3) is 0 Å². The molecule has 1 heterocycles. The van der Waals surface area contributed by atoms with Crippen molar-refractivity contribution >= 4 is 6.03 Å². The van der Waals surface area contributed by atoms with E-state index < -0.39 is 0 Å². The number of carbonyl (C=O) groups excluding carboxylic acids is 1.